The van der Waals surface area contributed by atoms with Gasteiger partial charge in [0.25, 0.3) is 0 Å². The number of hydrogen-bond donors (Lipinski definition) is 0. The van der Waals surface area contributed by atoms with Crippen LogP contribution in [0.3, 0.4) is 0 Å². The molecule has 0 radical (unpaired) electrons. The summed E-state index contributed by atoms with van der Waals surface area (Å²) in [4.78, 5) is 8.71. The first kappa shape index (κ1) is 14.1. The van der Waals surface area contributed by atoms with Gasteiger partial charge in [0.2, 0.25) is 0 Å². The summed E-state index contributed by atoms with van der Waals surface area (Å²) < 4.78 is 14.1. The van der Waals surface area contributed by atoms with Crippen LogP contribution < -0.4 is 0 Å². The zero-order valence-electron chi connectivity index (χ0n) is 8.83. The molecule has 1 aromatic carbocycles. The topological polar surface area (TPSA) is 25.8 Å². The molecule has 1 aromatic heterocycles. The fourth-order valence-electron chi connectivity index (χ4n) is 1.20. The van der Waals surface area contributed by atoms with Crippen molar-refractivity contribution in [3.8, 4) is 0 Å². The maximum absolute atomic E-state index is 13.1. The summed E-state index contributed by atoms with van der Waals surface area (Å²) in [6.07, 6.45) is 0. The van der Waals surface area contributed by atoms with Gasteiger partial charge < -0.3 is 0 Å². The molecule has 1 heterocycles. The second-order valence-corrected chi connectivity index (χ2v) is 5.84. The molecule has 0 fully saturated rings. The average Bonchev–Trinajstić information content (AvgIpc) is 2.35. The van der Waals surface area contributed by atoms with Crippen LogP contribution in [0.1, 0.15) is 5.82 Å². The van der Waals surface area contributed by atoms with Gasteiger partial charge in [-0.3, -0.25) is 0 Å². The zero-order valence-corrected chi connectivity index (χ0v) is 12.7. The van der Waals surface area contributed by atoms with Gasteiger partial charge >= 0.3 is 0 Å². The lowest BCUT2D eigenvalue weighted by atomic mass is 10.4. The Labute approximate surface area is 126 Å². The van der Waals surface area contributed by atoms with Gasteiger partial charge in [-0.1, -0.05) is 35.3 Å². The van der Waals surface area contributed by atoms with Crippen LogP contribution in [0.15, 0.2) is 33.6 Å². The number of benzene rings is 1. The summed E-state index contributed by atoms with van der Waals surface area (Å²) in [7, 11) is 0. The highest BCUT2D eigenvalue weighted by atomic mass is 79.9. The second-order valence-electron chi connectivity index (χ2n) is 3.25. The van der Waals surface area contributed by atoms with Gasteiger partial charge in [0.1, 0.15) is 5.82 Å². The van der Waals surface area contributed by atoms with Gasteiger partial charge in [-0.2, -0.15) is 0 Å². The van der Waals surface area contributed by atoms with Crippen molar-refractivity contribution in [1.29, 1.82) is 0 Å². The molecule has 94 valence electrons. The fraction of sp³-hybridized carbons (Fsp3) is 0.0909. The van der Waals surface area contributed by atoms with Crippen LogP contribution in [-0.2, 0) is 5.75 Å². The molecule has 0 aliphatic rings. The summed E-state index contributed by atoms with van der Waals surface area (Å²) in [5, 5.41) is -0.504. The Balaban J connectivity index is 2.14. The highest BCUT2D eigenvalue weighted by Gasteiger charge is 2.11. The monoisotopic (exact) mass is 366 g/mol. The van der Waals surface area contributed by atoms with Crippen LogP contribution in [0.2, 0.25) is 10.3 Å². The lowest BCUT2D eigenvalue weighted by Crippen LogP contribution is -1.97. The molecule has 0 bridgehead atoms. The lowest BCUT2D eigenvalue weighted by Gasteiger charge is -2.04. The maximum Gasteiger partial charge on any atom is 0.197 e. The van der Waals surface area contributed by atoms with E-state index in [9.17, 15) is 4.39 Å². The molecule has 18 heavy (non-hydrogen) atoms. The van der Waals surface area contributed by atoms with E-state index in [-0.39, 0.29) is 10.3 Å². The third-order valence-corrected chi connectivity index (χ3v) is 4.53. The van der Waals surface area contributed by atoms with Crippen LogP contribution in [0, 0.1) is 5.82 Å². The first-order valence-corrected chi connectivity index (χ1v) is 7.36. The number of hydrogen-bond acceptors (Lipinski definition) is 3. The van der Waals surface area contributed by atoms with Crippen LogP contribution in [0.4, 0.5) is 4.39 Å². The van der Waals surface area contributed by atoms with Crippen molar-refractivity contribution in [2.45, 2.75) is 10.6 Å². The molecule has 0 saturated heterocycles. The molecule has 0 aliphatic heterocycles. The van der Waals surface area contributed by atoms with Crippen LogP contribution in [0.25, 0.3) is 0 Å². The van der Waals surface area contributed by atoms with Crippen LogP contribution >= 0.6 is 50.9 Å². The minimum atomic E-state index is -0.784. The number of nitrogens with zero attached hydrogens (tertiary/aromatic N) is 2. The molecule has 0 amide bonds. The van der Waals surface area contributed by atoms with Crippen molar-refractivity contribution < 1.29 is 4.39 Å². The summed E-state index contributed by atoms with van der Waals surface area (Å²) in [6.45, 7) is 0. The Hall–Kier alpha value is -0.360. The Morgan fingerprint density at radius 1 is 1.17 bits per heavy atom. The van der Waals surface area contributed by atoms with E-state index in [0.29, 0.717) is 11.6 Å². The molecule has 0 saturated carbocycles. The summed E-state index contributed by atoms with van der Waals surface area (Å²) >= 11 is 16.2. The van der Waals surface area contributed by atoms with Gasteiger partial charge in [0.05, 0.1) is 5.75 Å². The predicted octanol–water partition coefficient (Wildman–Crippen LogP) is 4.98. The first-order chi connectivity index (χ1) is 8.58. The van der Waals surface area contributed by atoms with Gasteiger partial charge in [-0.15, -0.1) is 11.8 Å². The highest BCUT2D eigenvalue weighted by Crippen LogP contribution is 2.29. The van der Waals surface area contributed by atoms with E-state index in [4.69, 9.17) is 23.2 Å². The van der Waals surface area contributed by atoms with Crippen molar-refractivity contribution in [3.05, 3.63) is 50.7 Å². The van der Waals surface area contributed by atoms with E-state index >= 15 is 0 Å². The number of aromatic nitrogens is 2. The Kier molecular flexibility index (Phi) is 4.84. The van der Waals surface area contributed by atoms with Gasteiger partial charge in [-0.25, -0.2) is 14.4 Å². The molecule has 0 atom stereocenters. The Morgan fingerprint density at radius 3 is 2.39 bits per heavy atom. The molecule has 7 heteroatoms. The van der Waals surface area contributed by atoms with Crippen LogP contribution in [-0.4, -0.2) is 9.97 Å². The average molecular weight is 368 g/mol. The van der Waals surface area contributed by atoms with E-state index in [1.165, 1.54) is 11.8 Å². The maximum atomic E-state index is 13.1. The van der Waals surface area contributed by atoms with Crippen LogP contribution in [0.5, 0.6) is 0 Å². The Bertz CT molecular complexity index is 560. The van der Waals surface area contributed by atoms with E-state index in [1.54, 1.807) is 0 Å². The van der Waals surface area contributed by atoms with E-state index < -0.39 is 5.82 Å². The molecular weight excluding hydrogens is 362 g/mol. The largest absolute Gasteiger partial charge is 0.217 e. The molecule has 2 rings (SSSR count). The third-order valence-electron chi connectivity index (χ3n) is 2.01. The zero-order chi connectivity index (χ0) is 13.1. The molecule has 0 spiro atoms. The number of thioether (sulfide) groups is 1. The van der Waals surface area contributed by atoms with Crippen molar-refractivity contribution in [2.75, 3.05) is 0 Å². The quantitative estimate of drug-likeness (QED) is 0.565. The second kappa shape index (κ2) is 6.19. The van der Waals surface area contributed by atoms with Crippen molar-refractivity contribution >= 4 is 50.9 Å². The SMILES string of the molecule is Fc1c(Cl)nc(CSc2ccccc2Br)nc1Cl. The number of halogens is 4. The molecule has 2 nitrogen and oxygen atoms in total. The normalized spacial score (nSPS) is 10.7. The smallest absolute Gasteiger partial charge is 0.197 e. The van der Waals surface area contributed by atoms with Gasteiger partial charge in [0, 0.05) is 9.37 Å². The Morgan fingerprint density at radius 2 is 1.78 bits per heavy atom. The lowest BCUT2D eigenvalue weighted by molar-refractivity contribution is 0.612. The van der Waals surface area contributed by atoms with Gasteiger partial charge in [-0.05, 0) is 28.1 Å². The van der Waals surface area contributed by atoms with Crippen molar-refractivity contribution in [1.82, 2.24) is 9.97 Å². The summed E-state index contributed by atoms with van der Waals surface area (Å²) in [6, 6.07) is 7.75. The molecule has 2 aromatic rings. The van der Waals surface area contributed by atoms with E-state index in [0.717, 1.165) is 9.37 Å². The summed E-state index contributed by atoms with van der Waals surface area (Å²) in [5.74, 6) is 0.0719. The molecule has 0 N–H and O–H groups in total. The first-order valence-electron chi connectivity index (χ1n) is 4.82. The van der Waals surface area contributed by atoms with E-state index in [1.807, 2.05) is 24.3 Å². The predicted molar refractivity (Wildman–Crippen MR) is 75.7 cm³/mol. The minimum absolute atomic E-state index is 0.252. The summed E-state index contributed by atoms with van der Waals surface area (Å²) in [5.41, 5.74) is 0. The molecule has 0 aliphatic carbocycles. The number of rotatable bonds is 3. The minimum Gasteiger partial charge on any atom is -0.217 e. The standard InChI is InChI=1S/C11H6BrCl2FN2S/c12-6-3-1-2-4-7(6)18-5-8-16-10(13)9(15)11(14)17-8/h1-4H,5H2. The van der Waals surface area contributed by atoms with Gasteiger partial charge in [0.15, 0.2) is 16.1 Å². The molecule has 0 unspecified atom stereocenters. The highest BCUT2D eigenvalue weighted by molar-refractivity contribution is 9.10. The van der Waals surface area contributed by atoms with Crippen molar-refractivity contribution in [3.63, 3.8) is 0 Å². The fourth-order valence-corrected chi connectivity index (χ4v) is 3.05. The van der Waals surface area contributed by atoms with Crippen molar-refractivity contribution in [2.24, 2.45) is 0 Å². The van der Waals surface area contributed by atoms with E-state index in [2.05, 4.69) is 25.9 Å². The molecular formula is C11H6BrCl2FN2S. The third kappa shape index (κ3) is 3.35.